The van der Waals surface area contributed by atoms with Gasteiger partial charge in [0, 0.05) is 24.5 Å². The molecule has 1 aromatic heterocycles. The Labute approximate surface area is 126 Å². The third kappa shape index (κ3) is 5.49. The van der Waals surface area contributed by atoms with Gasteiger partial charge in [-0.05, 0) is 38.0 Å². The van der Waals surface area contributed by atoms with E-state index >= 15 is 0 Å². The SMILES string of the molecule is CCCNCc1sccc1S(=O)(=O)NCCN(C)CC. The fourth-order valence-corrected chi connectivity index (χ4v) is 4.11. The fraction of sp³-hybridized carbons (Fsp3) is 0.692. The Morgan fingerprint density at radius 3 is 2.70 bits per heavy atom. The molecule has 20 heavy (non-hydrogen) atoms. The molecule has 0 radical (unpaired) electrons. The molecule has 0 atom stereocenters. The Bertz CT molecular complexity index is 486. The summed E-state index contributed by atoms with van der Waals surface area (Å²) in [7, 11) is -1.42. The van der Waals surface area contributed by atoms with Crippen LogP contribution in [-0.2, 0) is 16.6 Å². The van der Waals surface area contributed by atoms with E-state index in [1.165, 1.54) is 11.3 Å². The van der Waals surface area contributed by atoms with Gasteiger partial charge in [0.2, 0.25) is 10.0 Å². The van der Waals surface area contributed by atoms with Crippen LogP contribution in [0.3, 0.4) is 0 Å². The highest BCUT2D eigenvalue weighted by Crippen LogP contribution is 2.21. The van der Waals surface area contributed by atoms with Crippen LogP contribution in [0.15, 0.2) is 16.3 Å². The molecule has 1 rings (SSSR count). The average Bonchev–Trinajstić information content (AvgIpc) is 2.88. The number of hydrogen-bond acceptors (Lipinski definition) is 5. The Balaban J connectivity index is 2.61. The van der Waals surface area contributed by atoms with Crippen molar-refractivity contribution in [2.24, 2.45) is 0 Å². The molecule has 0 aliphatic rings. The van der Waals surface area contributed by atoms with Gasteiger partial charge in [0.1, 0.15) is 0 Å². The highest BCUT2D eigenvalue weighted by Gasteiger charge is 2.19. The Morgan fingerprint density at radius 2 is 2.05 bits per heavy atom. The van der Waals surface area contributed by atoms with Gasteiger partial charge in [-0.1, -0.05) is 13.8 Å². The largest absolute Gasteiger partial charge is 0.312 e. The molecule has 0 aromatic carbocycles. The number of nitrogens with one attached hydrogen (secondary N) is 2. The second kappa shape index (κ2) is 8.74. The van der Waals surface area contributed by atoms with E-state index in [0.717, 1.165) is 24.4 Å². The lowest BCUT2D eigenvalue weighted by molar-refractivity contribution is 0.358. The first-order chi connectivity index (χ1) is 9.51. The Kier molecular flexibility index (Phi) is 7.68. The maximum absolute atomic E-state index is 12.3. The summed E-state index contributed by atoms with van der Waals surface area (Å²) in [5.41, 5.74) is 0. The summed E-state index contributed by atoms with van der Waals surface area (Å²) >= 11 is 1.48. The summed E-state index contributed by atoms with van der Waals surface area (Å²) < 4.78 is 27.2. The smallest absolute Gasteiger partial charge is 0.241 e. The van der Waals surface area contributed by atoms with Crippen molar-refractivity contribution in [2.75, 3.05) is 33.2 Å². The molecule has 0 aliphatic carbocycles. The van der Waals surface area contributed by atoms with E-state index < -0.39 is 10.0 Å². The zero-order valence-corrected chi connectivity index (χ0v) is 14.1. The molecule has 1 aromatic rings. The van der Waals surface area contributed by atoms with Gasteiger partial charge in [-0.3, -0.25) is 0 Å². The van der Waals surface area contributed by atoms with Gasteiger partial charge in [0.25, 0.3) is 0 Å². The molecule has 0 aliphatic heterocycles. The summed E-state index contributed by atoms with van der Waals surface area (Å²) in [6.45, 7) is 7.69. The van der Waals surface area contributed by atoms with Gasteiger partial charge < -0.3 is 10.2 Å². The molecule has 0 amide bonds. The molecule has 0 saturated carbocycles. The molecule has 1 heterocycles. The van der Waals surface area contributed by atoms with Crippen LogP contribution in [0.5, 0.6) is 0 Å². The quantitative estimate of drug-likeness (QED) is 0.641. The fourth-order valence-electron chi connectivity index (χ4n) is 1.68. The molecule has 2 N–H and O–H groups in total. The molecule has 116 valence electrons. The van der Waals surface area contributed by atoms with Crippen molar-refractivity contribution in [2.45, 2.75) is 31.7 Å². The lowest BCUT2D eigenvalue weighted by Gasteiger charge is -2.14. The van der Waals surface area contributed by atoms with Crippen LogP contribution in [0, 0.1) is 0 Å². The number of likely N-dealkylation sites (N-methyl/N-ethyl adjacent to an activating group) is 1. The van der Waals surface area contributed by atoms with E-state index in [0.29, 0.717) is 24.5 Å². The lowest BCUT2D eigenvalue weighted by atomic mass is 10.4. The topological polar surface area (TPSA) is 61.4 Å². The number of nitrogens with zero attached hydrogens (tertiary/aromatic N) is 1. The normalized spacial score (nSPS) is 12.2. The first-order valence-electron chi connectivity index (χ1n) is 6.96. The van der Waals surface area contributed by atoms with Crippen molar-refractivity contribution in [1.82, 2.24) is 14.9 Å². The predicted octanol–water partition coefficient (Wildman–Crippen LogP) is 1.48. The van der Waals surface area contributed by atoms with E-state index in [1.807, 2.05) is 19.4 Å². The van der Waals surface area contributed by atoms with Crippen LogP contribution in [0.25, 0.3) is 0 Å². The maximum atomic E-state index is 12.3. The Morgan fingerprint density at radius 1 is 1.30 bits per heavy atom. The van der Waals surface area contributed by atoms with Crippen LogP contribution < -0.4 is 10.0 Å². The van der Waals surface area contributed by atoms with Crippen LogP contribution in [-0.4, -0.2) is 46.5 Å². The predicted molar refractivity (Wildman–Crippen MR) is 84.7 cm³/mol. The zero-order chi connectivity index (χ0) is 15.0. The first kappa shape index (κ1) is 17.6. The van der Waals surface area contributed by atoms with Crippen molar-refractivity contribution in [3.63, 3.8) is 0 Å². The van der Waals surface area contributed by atoms with E-state index in [9.17, 15) is 8.42 Å². The summed E-state index contributed by atoms with van der Waals surface area (Å²) in [6.07, 6.45) is 1.04. The molecular weight excluding hydrogens is 294 g/mol. The van der Waals surface area contributed by atoms with Gasteiger partial charge >= 0.3 is 0 Å². The summed E-state index contributed by atoms with van der Waals surface area (Å²) in [5, 5.41) is 5.07. The second-order valence-electron chi connectivity index (χ2n) is 4.68. The number of rotatable bonds is 10. The molecule has 0 unspecified atom stereocenters. The number of sulfonamides is 1. The van der Waals surface area contributed by atoms with Crippen molar-refractivity contribution in [1.29, 1.82) is 0 Å². The van der Waals surface area contributed by atoms with Gasteiger partial charge in [0.15, 0.2) is 0 Å². The monoisotopic (exact) mass is 319 g/mol. The number of hydrogen-bond donors (Lipinski definition) is 2. The van der Waals surface area contributed by atoms with E-state index in [1.54, 1.807) is 6.07 Å². The highest BCUT2D eigenvalue weighted by atomic mass is 32.2. The summed E-state index contributed by atoms with van der Waals surface area (Å²) in [5.74, 6) is 0. The van der Waals surface area contributed by atoms with Crippen molar-refractivity contribution in [3.8, 4) is 0 Å². The third-order valence-corrected chi connectivity index (χ3v) is 5.63. The standard InChI is InChI=1S/C13H25N3O2S2/c1-4-7-14-11-12-13(6-10-19-12)20(17,18)15-8-9-16(3)5-2/h6,10,14-15H,4-5,7-9,11H2,1-3H3. The molecule has 0 fully saturated rings. The summed E-state index contributed by atoms with van der Waals surface area (Å²) in [4.78, 5) is 3.35. The minimum Gasteiger partial charge on any atom is -0.312 e. The minimum atomic E-state index is -3.39. The van der Waals surface area contributed by atoms with Crippen LogP contribution in [0.1, 0.15) is 25.1 Å². The summed E-state index contributed by atoms with van der Waals surface area (Å²) in [6, 6.07) is 1.68. The van der Waals surface area contributed by atoms with Crippen LogP contribution >= 0.6 is 11.3 Å². The van der Waals surface area contributed by atoms with Crippen LogP contribution in [0.2, 0.25) is 0 Å². The molecule has 5 nitrogen and oxygen atoms in total. The molecule has 0 bridgehead atoms. The maximum Gasteiger partial charge on any atom is 0.241 e. The molecular formula is C13H25N3O2S2. The van der Waals surface area contributed by atoms with E-state index in [2.05, 4.69) is 21.9 Å². The van der Waals surface area contributed by atoms with Gasteiger partial charge in [-0.2, -0.15) is 0 Å². The number of thiophene rings is 1. The average molecular weight is 319 g/mol. The molecule has 0 spiro atoms. The molecule has 7 heteroatoms. The third-order valence-electron chi connectivity index (χ3n) is 3.03. The van der Waals surface area contributed by atoms with Crippen LogP contribution in [0.4, 0.5) is 0 Å². The zero-order valence-electron chi connectivity index (χ0n) is 12.5. The van der Waals surface area contributed by atoms with Crippen molar-refractivity contribution < 1.29 is 8.42 Å². The van der Waals surface area contributed by atoms with Crippen molar-refractivity contribution in [3.05, 3.63) is 16.3 Å². The van der Waals surface area contributed by atoms with Gasteiger partial charge in [-0.25, -0.2) is 13.1 Å². The highest BCUT2D eigenvalue weighted by molar-refractivity contribution is 7.89. The van der Waals surface area contributed by atoms with Crippen molar-refractivity contribution >= 4 is 21.4 Å². The van der Waals surface area contributed by atoms with Gasteiger partial charge in [0.05, 0.1) is 4.90 Å². The minimum absolute atomic E-state index is 0.408. The molecule has 0 saturated heterocycles. The first-order valence-corrected chi connectivity index (χ1v) is 9.32. The van der Waals surface area contributed by atoms with E-state index in [-0.39, 0.29) is 0 Å². The van der Waals surface area contributed by atoms with E-state index in [4.69, 9.17) is 0 Å². The lowest BCUT2D eigenvalue weighted by Crippen LogP contribution is -2.33. The second-order valence-corrected chi connectivity index (χ2v) is 7.41. The van der Waals surface area contributed by atoms with Gasteiger partial charge in [-0.15, -0.1) is 11.3 Å². The Hall–Kier alpha value is -0.470.